The van der Waals surface area contributed by atoms with Crippen molar-refractivity contribution in [3.8, 4) is 5.75 Å². The molecule has 1 rings (SSSR count). The number of aromatic nitrogens is 1. The highest BCUT2D eigenvalue weighted by Gasteiger charge is 1.95. The van der Waals surface area contributed by atoms with Crippen LogP contribution in [0.1, 0.15) is 25.7 Å². The lowest BCUT2D eigenvalue weighted by Crippen LogP contribution is -1.97. The smallest absolute Gasteiger partial charge is 0.138 e. The molecule has 3 heteroatoms. The fourth-order valence-corrected chi connectivity index (χ4v) is 1.57. The highest BCUT2D eigenvalue weighted by molar-refractivity contribution is 9.10. The molecule has 0 atom stereocenters. The number of pyridine rings is 1. The summed E-state index contributed by atoms with van der Waals surface area (Å²) in [5, 5.41) is 0. The molecular formula is C12H16BrNO. The van der Waals surface area contributed by atoms with E-state index in [0.29, 0.717) is 0 Å². The van der Waals surface area contributed by atoms with Gasteiger partial charge in [0.15, 0.2) is 0 Å². The van der Waals surface area contributed by atoms with Crippen molar-refractivity contribution in [1.29, 1.82) is 0 Å². The predicted molar refractivity (Wildman–Crippen MR) is 66.1 cm³/mol. The first-order chi connectivity index (χ1) is 7.33. The molecule has 0 aliphatic heterocycles. The molecule has 1 aromatic heterocycles. The number of ether oxygens (including phenoxy) is 1. The largest absolute Gasteiger partial charge is 0.492 e. The SMILES string of the molecule is C=CCCCCCOc1cncc(Br)c1. The summed E-state index contributed by atoms with van der Waals surface area (Å²) in [6, 6.07) is 1.93. The number of nitrogens with zero attached hydrogens (tertiary/aromatic N) is 1. The molecule has 0 N–H and O–H groups in total. The highest BCUT2D eigenvalue weighted by atomic mass is 79.9. The van der Waals surface area contributed by atoms with Gasteiger partial charge in [0.05, 0.1) is 12.8 Å². The number of allylic oxidation sites excluding steroid dienone is 1. The maximum Gasteiger partial charge on any atom is 0.138 e. The molecule has 0 fully saturated rings. The zero-order chi connectivity index (χ0) is 10.9. The number of rotatable bonds is 7. The monoisotopic (exact) mass is 269 g/mol. The molecule has 1 aromatic rings. The molecule has 0 amide bonds. The Morgan fingerprint density at radius 2 is 2.20 bits per heavy atom. The molecule has 0 unspecified atom stereocenters. The summed E-state index contributed by atoms with van der Waals surface area (Å²) < 4.78 is 6.50. The standard InChI is InChI=1S/C12H16BrNO/c1-2-3-4-5-6-7-15-12-8-11(13)9-14-10-12/h2,8-10H,1,3-7H2. The first kappa shape index (κ1) is 12.2. The quantitative estimate of drug-likeness (QED) is 0.552. The fraction of sp³-hybridized carbons (Fsp3) is 0.417. The second kappa shape index (κ2) is 7.46. The van der Waals surface area contributed by atoms with Crippen molar-refractivity contribution in [2.75, 3.05) is 6.61 Å². The minimum Gasteiger partial charge on any atom is -0.492 e. The Hall–Kier alpha value is -0.830. The van der Waals surface area contributed by atoms with Crippen LogP contribution in [-0.4, -0.2) is 11.6 Å². The number of hydrogen-bond acceptors (Lipinski definition) is 2. The zero-order valence-electron chi connectivity index (χ0n) is 8.79. The van der Waals surface area contributed by atoms with Gasteiger partial charge >= 0.3 is 0 Å². The van der Waals surface area contributed by atoms with E-state index in [9.17, 15) is 0 Å². The third-order valence-electron chi connectivity index (χ3n) is 2.00. The summed E-state index contributed by atoms with van der Waals surface area (Å²) in [5.41, 5.74) is 0. The van der Waals surface area contributed by atoms with Crippen LogP contribution in [0.2, 0.25) is 0 Å². The molecule has 15 heavy (non-hydrogen) atoms. The molecule has 0 radical (unpaired) electrons. The van der Waals surface area contributed by atoms with Gasteiger partial charge in [-0.3, -0.25) is 4.98 Å². The summed E-state index contributed by atoms with van der Waals surface area (Å²) in [6.45, 7) is 4.45. The van der Waals surface area contributed by atoms with E-state index in [-0.39, 0.29) is 0 Å². The van der Waals surface area contributed by atoms with Crippen molar-refractivity contribution in [3.63, 3.8) is 0 Å². The average Bonchev–Trinajstić information content (AvgIpc) is 2.23. The third kappa shape index (κ3) is 5.57. The Bertz CT molecular complexity index is 301. The van der Waals surface area contributed by atoms with E-state index >= 15 is 0 Å². The van der Waals surface area contributed by atoms with Gasteiger partial charge in [-0.05, 0) is 47.7 Å². The summed E-state index contributed by atoms with van der Waals surface area (Å²) in [6.07, 6.45) is 10.0. The molecule has 0 saturated carbocycles. The third-order valence-corrected chi connectivity index (χ3v) is 2.43. The maximum absolute atomic E-state index is 5.55. The lowest BCUT2D eigenvalue weighted by molar-refractivity contribution is 0.304. The molecule has 0 aliphatic rings. The first-order valence-electron chi connectivity index (χ1n) is 5.17. The van der Waals surface area contributed by atoms with Gasteiger partial charge in [-0.1, -0.05) is 6.08 Å². The van der Waals surface area contributed by atoms with Crippen LogP contribution >= 0.6 is 15.9 Å². The second-order valence-corrected chi connectivity index (χ2v) is 4.24. The molecule has 0 saturated heterocycles. The maximum atomic E-state index is 5.55. The topological polar surface area (TPSA) is 22.1 Å². The van der Waals surface area contributed by atoms with Crippen LogP contribution in [0.5, 0.6) is 5.75 Å². The Kier molecular flexibility index (Phi) is 6.09. The van der Waals surface area contributed by atoms with Crippen LogP contribution in [0, 0.1) is 0 Å². The normalized spacial score (nSPS) is 9.93. The first-order valence-corrected chi connectivity index (χ1v) is 5.96. The Labute approximate surface area is 99.5 Å². The van der Waals surface area contributed by atoms with Crippen molar-refractivity contribution < 1.29 is 4.74 Å². The molecule has 0 aromatic carbocycles. The second-order valence-electron chi connectivity index (χ2n) is 3.33. The lowest BCUT2D eigenvalue weighted by Gasteiger charge is -2.05. The van der Waals surface area contributed by atoms with Crippen molar-refractivity contribution in [2.45, 2.75) is 25.7 Å². The van der Waals surface area contributed by atoms with Gasteiger partial charge in [0.2, 0.25) is 0 Å². The number of unbranched alkanes of at least 4 members (excludes halogenated alkanes) is 3. The molecule has 2 nitrogen and oxygen atoms in total. The summed E-state index contributed by atoms with van der Waals surface area (Å²) in [7, 11) is 0. The van der Waals surface area contributed by atoms with E-state index in [1.165, 1.54) is 12.8 Å². The minimum absolute atomic E-state index is 0.759. The van der Waals surface area contributed by atoms with Crippen molar-refractivity contribution in [3.05, 3.63) is 35.6 Å². The Balaban J connectivity index is 2.12. The fourth-order valence-electron chi connectivity index (χ4n) is 1.23. The molecule has 82 valence electrons. The van der Waals surface area contributed by atoms with E-state index in [2.05, 4.69) is 27.5 Å². The van der Waals surface area contributed by atoms with Crippen molar-refractivity contribution >= 4 is 15.9 Å². The van der Waals surface area contributed by atoms with Crippen LogP contribution in [0.15, 0.2) is 35.6 Å². The van der Waals surface area contributed by atoms with E-state index in [0.717, 1.165) is 29.7 Å². The number of hydrogen-bond donors (Lipinski definition) is 0. The number of halogens is 1. The zero-order valence-corrected chi connectivity index (χ0v) is 10.4. The average molecular weight is 270 g/mol. The Morgan fingerprint density at radius 3 is 2.93 bits per heavy atom. The van der Waals surface area contributed by atoms with Crippen LogP contribution in [0.4, 0.5) is 0 Å². The summed E-state index contributed by atoms with van der Waals surface area (Å²) in [5.74, 6) is 0.827. The van der Waals surface area contributed by atoms with Gasteiger partial charge in [-0.2, -0.15) is 0 Å². The van der Waals surface area contributed by atoms with Crippen LogP contribution in [0.25, 0.3) is 0 Å². The van der Waals surface area contributed by atoms with Gasteiger partial charge in [0.25, 0.3) is 0 Å². The van der Waals surface area contributed by atoms with Crippen LogP contribution < -0.4 is 4.74 Å². The van der Waals surface area contributed by atoms with Crippen molar-refractivity contribution in [1.82, 2.24) is 4.98 Å². The summed E-state index contributed by atoms with van der Waals surface area (Å²) >= 11 is 3.35. The molecular weight excluding hydrogens is 254 g/mol. The minimum atomic E-state index is 0.759. The van der Waals surface area contributed by atoms with Crippen LogP contribution in [-0.2, 0) is 0 Å². The van der Waals surface area contributed by atoms with Gasteiger partial charge in [0, 0.05) is 10.7 Å². The van der Waals surface area contributed by atoms with Gasteiger partial charge in [0.1, 0.15) is 5.75 Å². The molecule has 0 spiro atoms. The molecule has 0 bridgehead atoms. The summed E-state index contributed by atoms with van der Waals surface area (Å²) in [4.78, 5) is 4.03. The molecule has 0 aliphatic carbocycles. The van der Waals surface area contributed by atoms with E-state index < -0.39 is 0 Å². The van der Waals surface area contributed by atoms with Crippen molar-refractivity contribution in [2.24, 2.45) is 0 Å². The van der Waals surface area contributed by atoms with Gasteiger partial charge in [-0.15, -0.1) is 6.58 Å². The van der Waals surface area contributed by atoms with Gasteiger partial charge in [-0.25, -0.2) is 0 Å². The van der Waals surface area contributed by atoms with E-state index in [4.69, 9.17) is 4.74 Å². The van der Waals surface area contributed by atoms with Crippen LogP contribution in [0.3, 0.4) is 0 Å². The van der Waals surface area contributed by atoms with E-state index in [1.54, 1.807) is 12.4 Å². The lowest BCUT2D eigenvalue weighted by atomic mass is 10.2. The van der Waals surface area contributed by atoms with E-state index in [1.807, 2.05) is 12.1 Å². The Morgan fingerprint density at radius 1 is 1.33 bits per heavy atom. The molecule has 1 heterocycles. The van der Waals surface area contributed by atoms with Gasteiger partial charge < -0.3 is 4.74 Å². The highest BCUT2D eigenvalue weighted by Crippen LogP contribution is 2.16. The predicted octanol–water partition coefficient (Wildman–Crippen LogP) is 3.97.